The van der Waals surface area contributed by atoms with Crippen LogP contribution in [-0.4, -0.2) is 59.3 Å². The number of aryl methyl sites for hydroxylation is 1. The lowest BCUT2D eigenvalue weighted by Crippen LogP contribution is -2.56. The Morgan fingerprint density at radius 3 is 2.65 bits per heavy atom. The number of hydrogen-bond acceptors (Lipinski definition) is 4. The average molecular weight is 404 g/mol. The Bertz CT molecular complexity index is 710. The maximum atomic E-state index is 13.4. The maximum absolute atomic E-state index is 13.4. The third-order valence-corrected chi connectivity index (χ3v) is 8.24. The minimum atomic E-state index is -3.45. The van der Waals surface area contributed by atoms with E-state index in [9.17, 15) is 8.42 Å². The van der Waals surface area contributed by atoms with E-state index in [0.717, 1.165) is 18.2 Å². The molecule has 1 aromatic heterocycles. The van der Waals surface area contributed by atoms with Gasteiger partial charge in [0.2, 0.25) is 0 Å². The van der Waals surface area contributed by atoms with E-state index in [1.807, 2.05) is 17.8 Å². The summed E-state index contributed by atoms with van der Waals surface area (Å²) in [5.41, 5.74) is 0. The lowest BCUT2D eigenvalue weighted by molar-refractivity contribution is 0.126. The van der Waals surface area contributed by atoms with Crippen molar-refractivity contribution in [3.63, 3.8) is 0 Å². The van der Waals surface area contributed by atoms with Crippen molar-refractivity contribution in [1.29, 1.82) is 0 Å². The van der Waals surface area contributed by atoms with Gasteiger partial charge in [-0.15, -0.1) is 12.4 Å². The summed E-state index contributed by atoms with van der Waals surface area (Å²) in [6.07, 6.45) is 9.65. The first-order valence-electron chi connectivity index (χ1n) is 9.52. The van der Waals surface area contributed by atoms with Crippen LogP contribution in [-0.2, 0) is 17.3 Å². The van der Waals surface area contributed by atoms with Crippen molar-refractivity contribution < 1.29 is 8.42 Å². The molecule has 3 atom stereocenters. The molecule has 0 bridgehead atoms. The van der Waals surface area contributed by atoms with Gasteiger partial charge in [0, 0.05) is 52.2 Å². The fourth-order valence-electron chi connectivity index (χ4n) is 4.81. The summed E-state index contributed by atoms with van der Waals surface area (Å²) in [6, 6.07) is -0.233. The molecule has 1 aromatic rings. The van der Waals surface area contributed by atoms with Crippen LogP contribution in [0, 0.1) is 11.8 Å². The third-order valence-electron chi connectivity index (χ3n) is 6.23. The molecule has 0 aromatic carbocycles. The molecule has 2 saturated heterocycles. The standard InChI is InChI=1S/C17H29N5O2S.ClH/c1-20-10-8-19-17(20)16-12-18-7-11-22(16)25(23,24)21-9-6-14-4-2-3-5-15(14)13-21;/h8,10,14-16,18H,2-7,9,11-13H2,1H3;1H. The number of piperazine rings is 1. The lowest BCUT2D eigenvalue weighted by atomic mass is 9.76. The number of piperidine rings is 1. The highest BCUT2D eigenvalue weighted by atomic mass is 35.5. The van der Waals surface area contributed by atoms with Gasteiger partial charge in [-0.2, -0.15) is 17.0 Å². The number of nitrogens with one attached hydrogen (secondary N) is 1. The smallest absolute Gasteiger partial charge is 0.282 e. The van der Waals surface area contributed by atoms with E-state index in [4.69, 9.17) is 0 Å². The molecular weight excluding hydrogens is 374 g/mol. The summed E-state index contributed by atoms with van der Waals surface area (Å²) < 4.78 is 32.2. The molecular formula is C17H30ClN5O2S. The SMILES string of the molecule is Cl.Cn1ccnc1C1CNCCN1S(=O)(=O)N1CCC2CCCCC2C1. The molecule has 1 N–H and O–H groups in total. The molecule has 0 spiro atoms. The summed E-state index contributed by atoms with van der Waals surface area (Å²) in [4.78, 5) is 4.41. The molecule has 0 amide bonds. The normalized spacial score (nSPS) is 31.2. The molecule has 2 aliphatic heterocycles. The van der Waals surface area contributed by atoms with Gasteiger partial charge in [-0.1, -0.05) is 19.3 Å². The number of nitrogens with zero attached hydrogens (tertiary/aromatic N) is 4. The van der Waals surface area contributed by atoms with Crippen LogP contribution in [0.2, 0.25) is 0 Å². The van der Waals surface area contributed by atoms with Gasteiger partial charge in [-0.05, 0) is 24.7 Å². The zero-order chi connectivity index (χ0) is 17.4. The predicted octanol–water partition coefficient (Wildman–Crippen LogP) is 1.55. The van der Waals surface area contributed by atoms with E-state index in [1.165, 1.54) is 25.7 Å². The highest BCUT2D eigenvalue weighted by molar-refractivity contribution is 7.86. The second-order valence-electron chi connectivity index (χ2n) is 7.69. The summed E-state index contributed by atoms with van der Waals surface area (Å²) in [5.74, 6) is 2.09. The third kappa shape index (κ3) is 3.67. The molecule has 1 saturated carbocycles. The summed E-state index contributed by atoms with van der Waals surface area (Å²) in [7, 11) is -1.53. The Balaban J connectivity index is 0.00000196. The van der Waals surface area contributed by atoms with Crippen molar-refractivity contribution in [3.05, 3.63) is 18.2 Å². The number of fused-ring (bicyclic) bond motifs is 1. The Hall–Kier alpha value is -0.670. The van der Waals surface area contributed by atoms with E-state index >= 15 is 0 Å². The number of aromatic nitrogens is 2. The Morgan fingerprint density at radius 1 is 1.15 bits per heavy atom. The van der Waals surface area contributed by atoms with Crippen LogP contribution >= 0.6 is 12.4 Å². The van der Waals surface area contributed by atoms with E-state index in [2.05, 4.69) is 10.3 Å². The number of halogens is 1. The first-order chi connectivity index (χ1) is 12.1. The fourth-order valence-corrected chi connectivity index (χ4v) is 6.63. The van der Waals surface area contributed by atoms with Gasteiger partial charge in [0.05, 0.1) is 6.04 Å². The molecule has 148 valence electrons. The largest absolute Gasteiger partial charge is 0.337 e. The van der Waals surface area contributed by atoms with E-state index < -0.39 is 10.2 Å². The predicted molar refractivity (Wildman–Crippen MR) is 103 cm³/mol. The maximum Gasteiger partial charge on any atom is 0.282 e. The molecule has 0 radical (unpaired) electrons. The number of imidazole rings is 1. The van der Waals surface area contributed by atoms with Crippen molar-refractivity contribution in [2.24, 2.45) is 18.9 Å². The van der Waals surface area contributed by atoms with Crippen LogP contribution in [0.25, 0.3) is 0 Å². The zero-order valence-corrected chi connectivity index (χ0v) is 17.0. The Morgan fingerprint density at radius 2 is 1.92 bits per heavy atom. The second-order valence-corrected chi connectivity index (χ2v) is 9.57. The van der Waals surface area contributed by atoms with Crippen molar-refractivity contribution in [2.45, 2.75) is 38.1 Å². The van der Waals surface area contributed by atoms with Crippen LogP contribution in [0.15, 0.2) is 12.4 Å². The Kier molecular flexibility index (Phi) is 6.29. The zero-order valence-electron chi connectivity index (χ0n) is 15.4. The monoisotopic (exact) mass is 403 g/mol. The molecule has 26 heavy (non-hydrogen) atoms. The van der Waals surface area contributed by atoms with Crippen molar-refractivity contribution >= 4 is 22.6 Å². The molecule has 9 heteroatoms. The summed E-state index contributed by atoms with van der Waals surface area (Å²) in [6.45, 7) is 3.18. The minimum absolute atomic E-state index is 0. The Labute approximate surface area is 162 Å². The van der Waals surface area contributed by atoms with Crippen LogP contribution in [0.4, 0.5) is 0 Å². The second kappa shape index (κ2) is 8.14. The van der Waals surface area contributed by atoms with Crippen molar-refractivity contribution in [2.75, 3.05) is 32.7 Å². The van der Waals surface area contributed by atoms with E-state index in [1.54, 1.807) is 14.8 Å². The van der Waals surface area contributed by atoms with Crippen molar-refractivity contribution in [3.8, 4) is 0 Å². The molecule has 3 unspecified atom stereocenters. The molecule has 7 nitrogen and oxygen atoms in total. The van der Waals surface area contributed by atoms with Gasteiger partial charge >= 0.3 is 0 Å². The molecule has 4 rings (SSSR count). The minimum Gasteiger partial charge on any atom is -0.337 e. The van der Waals surface area contributed by atoms with Gasteiger partial charge in [-0.25, -0.2) is 4.98 Å². The molecule has 1 aliphatic carbocycles. The van der Waals surface area contributed by atoms with E-state index in [-0.39, 0.29) is 18.4 Å². The first kappa shape index (κ1) is 20.1. The molecule has 3 aliphatic rings. The number of rotatable bonds is 3. The van der Waals surface area contributed by atoms with E-state index in [0.29, 0.717) is 38.6 Å². The molecule has 3 fully saturated rings. The summed E-state index contributed by atoms with van der Waals surface area (Å²) in [5, 5.41) is 3.32. The lowest BCUT2D eigenvalue weighted by Gasteiger charge is -2.44. The van der Waals surface area contributed by atoms with Gasteiger partial charge in [0.1, 0.15) is 5.82 Å². The summed E-state index contributed by atoms with van der Waals surface area (Å²) >= 11 is 0. The van der Waals surface area contributed by atoms with Crippen LogP contribution in [0.3, 0.4) is 0 Å². The topological polar surface area (TPSA) is 70.5 Å². The van der Waals surface area contributed by atoms with Gasteiger partial charge in [-0.3, -0.25) is 0 Å². The highest BCUT2D eigenvalue weighted by Gasteiger charge is 2.42. The van der Waals surface area contributed by atoms with Gasteiger partial charge < -0.3 is 9.88 Å². The molecule has 3 heterocycles. The first-order valence-corrected chi connectivity index (χ1v) is 10.9. The van der Waals surface area contributed by atoms with Crippen LogP contribution in [0.5, 0.6) is 0 Å². The average Bonchev–Trinajstić information content (AvgIpc) is 3.07. The van der Waals surface area contributed by atoms with Crippen LogP contribution in [0.1, 0.15) is 44.0 Å². The fraction of sp³-hybridized carbons (Fsp3) is 0.824. The number of hydrogen-bond donors (Lipinski definition) is 1. The van der Waals surface area contributed by atoms with Gasteiger partial charge in [0.15, 0.2) is 0 Å². The van der Waals surface area contributed by atoms with Crippen LogP contribution < -0.4 is 5.32 Å². The van der Waals surface area contributed by atoms with Gasteiger partial charge in [0.25, 0.3) is 10.2 Å². The van der Waals surface area contributed by atoms with Crippen molar-refractivity contribution in [1.82, 2.24) is 23.5 Å². The highest BCUT2D eigenvalue weighted by Crippen LogP contribution is 2.38. The quantitative estimate of drug-likeness (QED) is 0.831.